The standard InChI is InChI=1S/C26H29FN2O2/c1-30-26-17-21(7-12-25(26)31-19-20-5-3-2-4-6-20)18-29-15-13-24(14-16-29)28-23-10-8-22(27)9-11-23/h2-12,17,24,28H,13-16,18-19H2,1H3. The molecule has 0 unspecified atom stereocenters. The molecule has 0 aliphatic carbocycles. The zero-order valence-electron chi connectivity index (χ0n) is 17.9. The molecule has 0 aromatic heterocycles. The summed E-state index contributed by atoms with van der Waals surface area (Å²) in [6, 6.07) is 23.3. The number of anilines is 1. The molecule has 1 aliphatic heterocycles. The molecule has 31 heavy (non-hydrogen) atoms. The molecule has 4 nitrogen and oxygen atoms in total. The van der Waals surface area contributed by atoms with E-state index in [9.17, 15) is 4.39 Å². The van der Waals surface area contributed by atoms with E-state index in [0.717, 1.165) is 55.2 Å². The fraction of sp³-hybridized carbons (Fsp3) is 0.308. The predicted octanol–water partition coefficient (Wildman–Crippen LogP) is 5.49. The highest BCUT2D eigenvalue weighted by Crippen LogP contribution is 2.30. The van der Waals surface area contributed by atoms with Gasteiger partial charge in [-0.15, -0.1) is 0 Å². The highest BCUT2D eigenvalue weighted by Gasteiger charge is 2.19. The van der Waals surface area contributed by atoms with Gasteiger partial charge in [0, 0.05) is 31.4 Å². The number of benzene rings is 3. The third-order valence-corrected chi connectivity index (χ3v) is 5.67. The molecule has 1 fully saturated rings. The number of halogens is 1. The first-order valence-corrected chi connectivity index (χ1v) is 10.8. The van der Waals surface area contributed by atoms with Crippen LogP contribution in [-0.2, 0) is 13.2 Å². The molecule has 1 saturated heterocycles. The van der Waals surface area contributed by atoms with E-state index in [-0.39, 0.29) is 5.82 Å². The quantitative estimate of drug-likeness (QED) is 0.522. The van der Waals surface area contributed by atoms with Crippen LogP contribution in [-0.4, -0.2) is 31.1 Å². The van der Waals surface area contributed by atoms with E-state index in [1.807, 2.05) is 24.3 Å². The molecular formula is C26H29FN2O2. The first-order chi connectivity index (χ1) is 15.2. The largest absolute Gasteiger partial charge is 0.493 e. The van der Waals surface area contributed by atoms with Gasteiger partial charge in [0.15, 0.2) is 11.5 Å². The van der Waals surface area contributed by atoms with Gasteiger partial charge in [0.25, 0.3) is 0 Å². The van der Waals surface area contributed by atoms with Crippen LogP contribution in [0.3, 0.4) is 0 Å². The van der Waals surface area contributed by atoms with Gasteiger partial charge in [-0.1, -0.05) is 36.4 Å². The van der Waals surface area contributed by atoms with Gasteiger partial charge in [0.2, 0.25) is 0 Å². The van der Waals surface area contributed by atoms with E-state index in [1.165, 1.54) is 17.7 Å². The Morgan fingerprint density at radius 3 is 2.35 bits per heavy atom. The molecule has 4 rings (SSSR count). The second kappa shape index (κ2) is 10.3. The van der Waals surface area contributed by atoms with Crippen molar-refractivity contribution >= 4 is 5.69 Å². The smallest absolute Gasteiger partial charge is 0.161 e. The first kappa shape index (κ1) is 21.2. The maximum atomic E-state index is 13.1. The van der Waals surface area contributed by atoms with Gasteiger partial charge in [-0.3, -0.25) is 4.90 Å². The minimum atomic E-state index is -0.202. The van der Waals surface area contributed by atoms with Crippen molar-refractivity contribution in [3.8, 4) is 11.5 Å². The van der Waals surface area contributed by atoms with Crippen LogP contribution in [0, 0.1) is 5.82 Å². The van der Waals surface area contributed by atoms with Crippen molar-refractivity contribution in [2.45, 2.75) is 32.0 Å². The van der Waals surface area contributed by atoms with E-state index in [4.69, 9.17) is 9.47 Å². The van der Waals surface area contributed by atoms with Crippen molar-refractivity contribution in [3.63, 3.8) is 0 Å². The van der Waals surface area contributed by atoms with Crippen molar-refractivity contribution in [2.75, 3.05) is 25.5 Å². The fourth-order valence-corrected chi connectivity index (χ4v) is 3.94. The molecule has 0 spiro atoms. The topological polar surface area (TPSA) is 33.7 Å². The molecule has 0 amide bonds. The second-order valence-electron chi connectivity index (χ2n) is 7.96. The van der Waals surface area contributed by atoms with Crippen LogP contribution >= 0.6 is 0 Å². The number of hydrogen-bond acceptors (Lipinski definition) is 4. The Morgan fingerprint density at radius 2 is 1.65 bits per heavy atom. The van der Waals surface area contributed by atoms with Crippen LogP contribution in [0.15, 0.2) is 72.8 Å². The lowest BCUT2D eigenvalue weighted by molar-refractivity contribution is 0.211. The van der Waals surface area contributed by atoms with Crippen LogP contribution in [0.4, 0.5) is 10.1 Å². The van der Waals surface area contributed by atoms with Gasteiger partial charge < -0.3 is 14.8 Å². The van der Waals surface area contributed by atoms with Crippen molar-refractivity contribution in [1.29, 1.82) is 0 Å². The number of piperidine rings is 1. The normalized spacial score (nSPS) is 14.9. The van der Waals surface area contributed by atoms with Crippen molar-refractivity contribution in [1.82, 2.24) is 4.90 Å². The lowest BCUT2D eigenvalue weighted by Crippen LogP contribution is -2.38. The molecule has 0 saturated carbocycles. The number of hydrogen-bond donors (Lipinski definition) is 1. The molecule has 1 N–H and O–H groups in total. The summed E-state index contributed by atoms with van der Waals surface area (Å²) < 4.78 is 24.6. The van der Waals surface area contributed by atoms with Crippen LogP contribution < -0.4 is 14.8 Å². The minimum absolute atomic E-state index is 0.202. The highest BCUT2D eigenvalue weighted by molar-refractivity contribution is 5.44. The van der Waals surface area contributed by atoms with Gasteiger partial charge in [0.05, 0.1) is 7.11 Å². The average Bonchev–Trinajstić information content (AvgIpc) is 2.81. The number of likely N-dealkylation sites (tertiary alicyclic amines) is 1. The number of nitrogens with zero attached hydrogens (tertiary/aromatic N) is 1. The molecule has 0 atom stereocenters. The number of methoxy groups -OCH3 is 1. The summed E-state index contributed by atoms with van der Waals surface area (Å²) in [5, 5.41) is 3.52. The third kappa shape index (κ3) is 5.98. The van der Waals surface area contributed by atoms with Gasteiger partial charge in [-0.05, 0) is 60.4 Å². The van der Waals surface area contributed by atoms with E-state index in [0.29, 0.717) is 12.6 Å². The molecule has 1 aliphatic rings. The summed E-state index contributed by atoms with van der Waals surface area (Å²) >= 11 is 0. The number of nitrogens with one attached hydrogen (secondary N) is 1. The Labute approximate surface area is 183 Å². The maximum absolute atomic E-state index is 13.1. The Balaban J connectivity index is 1.28. The van der Waals surface area contributed by atoms with E-state index < -0.39 is 0 Å². The van der Waals surface area contributed by atoms with Crippen LogP contribution in [0.1, 0.15) is 24.0 Å². The molecule has 0 bridgehead atoms. The summed E-state index contributed by atoms with van der Waals surface area (Å²) in [7, 11) is 1.68. The fourth-order valence-electron chi connectivity index (χ4n) is 3.94. The Bertz CT molecular complexity index is 955. The van der Waals surface area contributed by atoms with Gasteiger partial charge >= 0.3 is 0 Å². The van der Waals surface area contributed by atoms with Crippen LogP contribution in [0.25, 0.3) is 0 Å². The lowest BCUT2D eigenvalue weighted by Gasteiger charge is -2.33. The highest BCUT2D eigenvalue weighted by atomic mass is 19.1. The van der Waals surface area contributed by atoms with E-state index >= 15 is 0 Å². The monoisotopic (exact) mass is 420 g/mol. The molecule has 1 heterocycles. The maximum Gasteiger partial charge on any atom is 0.161 e. The Kier molecular flexibility index (Phi) is 7.05. The minimum Gasteiger partial charge on any atom is -0.493 e. The SMILES string of the molecule is COc1cc(CN2CCC(Nc3ccc(F)cc3)CC2)ccc1OCc1ccccc1. The van der Waals surface area contributed by atoms with Crippen molar-refractivity contribution in [2.24, 2.45) is 0 Å². The zero-order valence-corrected chi connectivity index (χ0v) is 17.9. The molecule has 3 aromatic rings. The summed E-state index contributed by atoms with van der Waals surface area (Å²) in [4.78, 5) is 2.46. The number of rotatable bonds is 8. The summed E-state index contributed by atoms with van der Waals surface area (Å²) in [5.41, 5.74) is 3.33. The first-order valence-electron chi connectivity index (χ1n) is 10.8. The van der Waals surface area contributed by atoms with Crippen LogP contribution in [0.5, 0.6) is 11.5 Å². The molecule has 3 aromatic carbocycles. The summed E-state index contributed by atoms with van der Waals surface area (Å²) in [6.45, 7) is 3.45. The average molecular weight is 421 g/mol. The Morgan fingerprint density at radius 1 is 0.903 bits per heavy atom. The third-order valence-electron chi connectivity index (χ3n) is 5.67. The van der Waals surface area contributed by atoms with Crippen LogP contribution in [0.2, 0.25) is 0 Å². The summed E-state index contributed by atoms with van der Waals surface area (Å²) in [5.74, 6) is 1.32. The summed E-state index contributed by atoms with van der Waals surface area (Å²) in [6.07, 6.45) is 2.12. The van der Waals surface area contributed by atoms with Gasteiger partial charge in [0.1, 0.15) is 12.4 Å². The molecule has 162 valence electrons. The van der Waals surface area contributed by atoms with Gasteiger partial charge in [-0.2, -0.15) is 0 Å². The molecule has 0 radical (unpaired) electrons. The van der Waals surface area contributed by atoms with Gasteiger partial charge in [-0.25, -0.2) is 4.39 Å². The zero-order chi connectivity index (χ0) is 21.5. The van der Waals surface area contributed by atoms with E-state index in [2.05, 4.69) is 34.5 Å². The molecular weight excluding hydrogens is 391 g/mol. The van der Waals surface area contributed by atoms with Crippen molar-refractivity contribution in [3.05, 3.63) is 89.7 Å². The number of ether oxygens (including phenoxy) is 2. The van der Waals surface area contributed by atoms with Crippen molar-refractivity contribution < 1.29 is 13.9 Å². The second-order valence-corrected chi connectivity index (χ2v) is 7.96. The predicted molar refractivity (Wildman–Crippen MR) is 122 cm³/mol. The Hall–Kier alpha value is -3.05. The lowest BCUT2D eigenvalue weighted by atomic mass is 10.0. The molecule has 5 heteroatoms. The van der Waals surface area contributed by atoms with E-state index in [1.54, 1.807) is 19.2 Å².